The molecule has 1 N–H and O–H groups in total. The summed E-state index contributed by atoms with van der Waals surface area (Å²) in [6, 6.07) is 0. The normalized spacial score (nSPS) is 20.8. The lowest BCUT2D eigenvalue weighted by Crippen LogP contribution is -2.26. The summed E-state index contributed by atoms with van der Waals surface area (Å²) in [4.78, 5) is 11.9. The fourth-order valence-corrected chi connectivity index (χ4v) is 1.83. The van der Waals surface area contributed by atoms with E-state index in [0.717, 1.165) is 18.8 Å². The molecule has 80 valence electrons. The molecule has 0 saturated carbocycles. The summed E-state index contributed by atoms with van der Waals surface area (Å²) in [7, 11) is 1.63. The van der Waals surface area contributed by atoms with Gasteiger partial charge in [-0.15, -0.1) is 0 Å². The smallest absolute Gasteiger partial charge is 0.407 e. The van der Waals surface area contributed by atoms with Crippen LogP contribution >= 0.6 is 0 Å². The minimum Gasteiger partial charge on any atom is -0.465 e. The van der Waals surface area contributed by atoms with Crippen molar-refractivity contribution in [2.45, 2.75) is 32.1 Å². The van der Waals surface area contributed by atoms with E-state index in [1.165, 1.54) is 24.2 Å². The predicted octanol–water partition coefficient (Wildman–Crippen LogP) is 2.73. The number of hydrogen-bond donors (Lipinski definition) is 1. The second-order valence-corrected chi connectivity index (χ2v) is 4.00. The van der Waals surface area contributed by atoms with Gasteiger partial charge >= 0.3 is 6.09 Å². The lowest BCUT2D eigenvalue weighted by molar-refractivity contribution is 0.154. The molecule has 0 aliphatic heterocycles. The first kappa shape index (κ1) is 11.1. The van der Waals surface area contributed by atoms with E-state index in [9.17, 15) is 4.79 Å². The van der Waals surface area contributed by atoms with Crippen LogP contribution in [0.4, 0.5) is 4.79 Å². The minimum absolute atomic E-state index is 0.662. The number of rotatable bonds is 4. The van der Waals surface area contributed by atoms with Gasteiger partial charge in [-0.25, -0.2) is 4.79 Å². The van der Waals surface area contributed by atoms with Crippen molar-refractivity contribution in [3.8, 4) is 0 Å². The van der Waals surface area contributed by atoms with Gasteiger partial charge in [-0.2, -0.15) is 0 Å². The molecule has 0 saturated heterocycles. The lowest BCUT2D eigenvalue weighted by atomic mass is 9.90. The van der Waals surface area contributed by atoms with Gasteiger partial charge in [-0.1, -0.05) is 12.2 Å². The molecule has 0 bridgehead atoms. The van der Waals surface area contributed by atoms with Gasteiger partial charge in [-0.05, 0) is 38.0 Å². The van der Waals surface area contributed by atoms with Crippen molar-refractivity contribution >= 4 is 6.09 Å². The van der Waals surface area contributed by atoms with Crippen LogP contribution in [0.1, 0.15) is 32.1 Å². The van der Waals surface area contributed by atoms with E-state index in [1.54, 1.807) is 7.05 Å². The van der Waals surface area contributed by atoms with Crippen molar-refractivity contribution in [1.82, 2.24) is 4.90 Å². The van der Waals surface area contributed by atoms with Crippen LogP contribution in [-0.2, 0) is 0 Å². The zero-order chi connectivity index (χ0) is 10.4. The van der Waals surface area contributed by atoms with Gasteiger partial charge in [0.15, 0.2) is 0 Å². The highest BCUT2D eigenvalue weighted by molar-refractivity contribution is 5.64. The Labute approximate surface area is 85.4 Å². The minimum atomic E-state index is -0.825. The number of hydrogen-bond acceptors (Lipinski definition) is 1. The van der Waals surface area contributed by atoms with Crippen LogP contribution in [-0.4, -0.2) is 29.7 Å². The predicted molar refractivity (Wildman–Crippen MR) is 56.4 cm³/mol. The van der Waals surface area contributed by atoms with E-state index in [2.05, 4.69) is 12.2 Å². The first-order chi connectivity index (χ1) is 6.70. The monoisotopic (exact) mass is 197 g/mol. The molecule has 0 aromatic rings. The summed E-state index contributed by atoms with van der Waals surface area (Å²) in [6.45, 7) is 0.662. The summed E-state index contributed by atoms with van der Waals surface area (Å²) in [5.41, 5.74) is 0. The standard InChI is InChI=1S/C11H19NO2/c1-12(11(13)14)9-5-8-10-6-3-2-4-7-10/h2-3,10H,4-9H2,1H3,(H,13,14). The van der Waals surface area contributed by atoms with E-state index < -0.39 is 6.09 Å². The Morgan fingerprint density at radius 2 is 2.36 bits per heavy atom. The zero-order valence-electron chi connectivity index (χ0n) is 8.78. The molecule has 0 spiro atoms. The van der Waals surface area contributed by atoms with Gasteiger partial charge in [-0.3, -0.25) is 0 Å². The van der Waals surface area contributed by atoms with Crippen molar-refractivity contribution in [1.29, 1.82) is 0 Å². The molecule has 0 aromatic carbocycles. The molecular weight excluding hydrogens is 178 g/mol. The molecule has 0 fully saturated rings. The van der Waals surface area contributed by atoms with Crippen LogP contribution < -0.4 is 0 Å². The molecule has 1 rings (SSSR count). The Hall–Kier alpha value is -0.990. The van der Waals surface area contributed by atoms with E-state index in [1.807, 2.05) is 0 Å². The van der Waals surface area contributed by atoms with E-state index in [-0.39, 0.29) is 0 Å². The maximum absolute atomic E-state index is 10.5. The maximum Gasteiger partial charge on any atom is 0.407 e. The highest BCUT2D eigenvalue weighted by Crippen LogP contribution is 2.22. The number of carbonyl (C=O) groups is 1. The Morgan fingerprint density at radius 1 is 1.57 bits per heavy atom. The first-order valence-electron chi connectivity index (χ1n) is 5.29. The summed E-state index contributed by atoms with van der Waals surface area (Å²) >= 11 is 0. The molecular formula is C11H19NO2. The molecule has 1 atom stereocenters. The number of nitrogens with zero attached hydrogens (tertiary/aromatic N) is 1. The molecule has 0 aromatic heterocycles. The Bertz CT molecular complexity index is 213. The fraction of sp³-hybridized carbons (Fsp3) is 0.727. The van der Waals surface area contributed by atoms with Gasteiger partial charge in [0, 0.05) is 13.6 Å². The number of allylic oxidation sites excluding steroid dienone is 2. The maximum atomic E-state index is 10.5. The molecule has 1 aliphatic rings. The SMILES string of the molecule is CN(CCCC1CC=CCC1)C(=O)O. The average molecular weight is 197 g/mol. The largest absolute Gasteiger partial charge is 0.465 e. The van der Waals surface area contributed by atoms with Crippen LogP contribution in [0.3, 0.4) is 0 Å². The Morgan fingerprint density at radius 3 is 2.93 bits per heavy atom. The Kier molecular flexibility index (Phi) is 4.50. The molecule has 1 aliphatic carbocycles. The van der Waals surface area contributed by atoms with Crippen molar-refractivity contribution in [2.24, 2.45) is 5.92 Å². The Balaban J connectivity index is 2.08. The van der Waals surface area contributed by atoms with Crippen molar-refractivity contribution < 1.29 is 9.90 Å². The van der Waals surface area contributed by atoms with Crippen LogP contribution in [0.15, 0.2) is 12.2 Å². The highest BCUT2D eigenvalue weighted by atomic mass is 16.4. The van der Waals surface area contributed by atoms with Crippen molar-refractivity contribution in [3.05, 3.63) is 12.2 Å². The quantitative estimate of drug-likeness (QED) is 0.704. The summed E-state index contributed by atoms with van der Waals surface area (Å²) in [5, 5.41) is 8.63. The van der Waals surface area contributed by atoms with Crippen LogP contribution in [0.2, 0.25) is 0 Å². The topological polar surface area (TPSA) is 40.5 Å². The molecule has 14 heavy (non-hydrogen) atoms. The van der Waals surface area contributed by atoms with Gasteiger partial charge in [0.2, 0.25) is 0 Å². The van der Waals surface area contributed by atoms with Crippen LogP contribution in [0, 0.1) is 5.92 Å². The summed E-state index contributed by atoms with van der Waals surface area (Å²) < 4.78 is 0. The third kappa shape index (κ3) is 3.81. The van der Waals surface area contributed by atoms with Crippen LogP contribution in [0.25, 0.3) is 0 Å². The lowest BCUT2D eigenvalue weighted by Gasteiger charge is -2.19. The number of amides is 1. The molecule has 3 nitrogen and oxygen atoms in total. The molecule has 1 unspecified atom stereocenters. The summed E-state index contributed by atoms with van der Waals surface area (Å²) in [5.74, 6) is 0.780. The van der Waals surface area contributed by atoms with E-state index in [4.69, 9.17) is 5.11 Å². The van der Waals surface area contributed by atoms with Gasteiger partial charge in [0.1, 0.15) is 0 Å². The molecule has 1 amide bonds. The average Bonchev–Trinajstić information content (AvgIpc) is 2.19. The van der Waals surface area contributed by atoms with Crippen molar-refractivity contribution in [2.75, 3.05) is 13.6 Å². The van der Waals surface area contributed by atoms with Gasteiger partial charge in [0.25, 0.3) is 0 Å². The summed E-state index contributed by atoms with van der Waals surface area (Å²) in [6.07, 6.45) is 9.44. The molecule has 0 heterocycles. The molecule has 0 radical (unpaired) electrons. The molecule has 3 heteroatoms. The van der Waals surface area contributed by atoms with Crippen LogP contribution in [0.5, 0.6) is 0 Å². The van der Waals surface area contributed by atoms with E-state index in [0.29, 0.717) is 6.54 Å². The third-order valence-electron chi connectivity index (χ3n) is 2.81. The third-order valence-corrected chi connectivity index (χ3v) is 2.81. The van der Waals surface area contributed by atoms with Gasteiger partial charge in [0.05, 0.1) is 0 Å². The highest BCUT2D eigenvalue weighted by Gasteiger charge is 2.10. The first-order valence-corrected chi connectivity index (χ1v) is 5.29. The van der Waals surface area contributed by atoms with E-state index >= 15 is 0 Å². The van der Waals surface area contributed by atoms with Crippen molar-refractivity contribution in [3.63, 3.8) is 0 Å². The fourth-order valence-electron chi connectivity index (χ4n) is 1.83. The zero-order valence-corrected chi connectivity index (χ0v) is 8.78. The second-order valence-electron chi connectivity index (χ2n) is 4.00. The number of carboxylic acid groups (broad SMARTS) is 1. The van der Waals surface area contributed by atoms with Gasteiger partial charge < -0.3 is 10.0 Å². The second kappa shape index (κ2) is 5.68.